The fourth-order valence-corrected chi connectivity index (χ4v) is 4.08. The average molecular weight is 427 g/mol. The molecule has 0 saturated heterocycles. The lowest BCUT2D eigenvalue weighted by atomic mass is 10.0. The van der Waals surface area contributed by atoms with Gasteiger partial charge in [0.1, 0.15) is 6.04 Å². The van der Waals surface area contributed by atoms with Crippen LogP contribution in [0.2, 0.25) is 5.02 Å². The molecule has 0 spiro atoms. The summed E-state index contributed by atoms with van der Waals surface area (Å²) in [6.45, 7) is 0. The number of methoxy groups -OCH3 is 1. The fourth-order valence-electron chi connectivity index (χ4n) is 3.41. The van der Waals surface area contributed by atoms with Crippen LogP contribution in [-0.4, -0.2) is 39.8 Å². The molecule has 0 bridgehead atoms. The van der Waals surface area contributed by atoms with Crippen molar-refractivity contribution < 1.29 is 9.53 Å². The van der Waals surface area contributed by atoms with Crippen molar-refractivity contribution in [3.63, 3.8) is 0 Å². The summed E-state index contributed by atoms with van der Waals surface area (Å²) in [6.07, 6.45) is 2.67. The zero-order chi connectivity index (χ0) is 20.4. The smallest absolute Gasteiger partial charge is 0.305 e. The summed E-state index contributed by atoms with van der Waals surface area (Å²) >= 11 is 7.86. The van der Waals surface area contributed by atoms with Crippen molar-refractivity contribution in [3.05, 3.63) is 70.5 Å². The number of aliphatic imine (C=N–C) groups is 1. The molecule has 2 aromatic carbocycles. The maximum atomic E-state index is 11.8. The molecule has 0 aliphatic carbocycles. The van der Waals surface area contributed by atoms with Gasteiger partial charge in [-0.25, -0.2) is 0 Å². The number of thioether (sulfide) groups is 1. The topological polar surface area (TPSA) is 69.4 Å². The van der Waals surface area contributed by atoms with Crippen molar-refractivity contribution in [2.75, 3.05) is 13.4 Å². The number of hydrogen-bond donors (Lipinski definition) is 0. The second-order valence-corrected chi connectivity index (χ2v) is 7.73. The zero-order valence-electron chi connectivity index (χ0n) is 16.0. The van der Waals surface area contributed by atoms with Gasteiger partial charge in [-0.1, -0.05) is 53.7 Å². The van der Waals surface area contributed by atoms with Crippen molar-refractivity contribution in [2.24, 2.45) is 4.99 Å². The molecule has 1 aliphatic heterocycles. The molecular weight excluding hydrogens is 408 g/mol. The van der Waals surface area contributed by atoms with E-state index in [4.69, 9.17) is 21.3 Å². The molecule has 1 atom stereocenters. The molecule has 2 heterocycles. The number of benzene rings is 2. The van der Waals surface area contributed by atoms with Crippen LogP contribution in [0.15, 0.2) is 58.7 Å². The molecule has 8 heteroatoms. The monoisotopic (exact) mass is 426 g/mol. The van der Waals surface area contributed by atoms with Crippen molar-refractivity contribution >= 4 is 35.0 Å². The normalized spacial score (nSPS) is 15.1. The minimum absolute atomic E-state index is 0.241. The second-order valence-electron chi connectivity index (χ2n) is 6.52. The fraction of sp³-hybridized carbons (Fsp3) is 0.238. The van der Waals surface area contributed by atoms with Gasteiger partial charge in [-0.15, -0.1) is 10.2 Å². The first-order valence-corrected chi connectivity index (χ1v) is 10.7. The van der Waals surface area contributed by atoms with Crippen molar-refractivity contribution in [3.8, 4) is 5.69 Å². The van der Waals surface area contributed by atoms with Crippen LogP contribution in [0.5, 0.6) is 0 Å². The number of esters is 1. The van der Waals surface area contributed by atoms with Gasteiger partial charge in [0.25, 0.3) is 0 Å². The Bertz CT molecular complexity index is 1080. The minimum atomic E-state index is -0.344. The Labute approximate surface area is 178 Å². The van der Waals surface area contributed by atoms with E-state index in [1.165, 1.54) is 18.9 Å². The highest BCUT2D eigenvalue weighted by atomic mass is 35.5. The lowest BCUT2D eigenvalue weighted by molar-refractivity contribution is -0.140. The third-order valence-corrected chi connectivity index (χ3v) is 5.64. The molecule has 6 nitrogen and oxygen atoms in total. The minimum Gasteiger partial charge on any atom is -0.469 e. The first kappa shape index (κ1) is 19.7. The molecule has 0 amide bonds. The van der Waals surface area contributed by atoms with Crippen LogP contribution in [0.25, 0.3) is 5.69 Å². The highest BCUT2D eigenvalue weighted by Crippen LogP contribution is 2.36. The predicted octanol–water partition coefficient (Wildman–Crippen LogP) is 4.49. The molecule has 0 unspecified atom stereocenters. The summed E-state index contributed by atoms with van der Waals surface area (Å²) in [5, 5.41) is 10.1. The second kappa shape index (κ2) is 8.39. The molecule has 29 heavy (non-hydrogen) atoms. The molecule has 1 aliphatic rings. The van der Waals surface area contributed by atoms with Crippen LogP contribution in [0.1, 0.15) is 35.8 Å². The maximum Gasteiger partial charge on any atom is 0.305 e. The number of carbonyl (C=O) groups excluding carboxylic acids is 1. The Morgan fingerprint density at radius 3 is 2.72 bits per heavy atom. The summed E-state index contributed by atoms with van der Waals surface area (Å²) < 4.78 is 6.84. The van der Waals surface area contributed by atoms with Crippen molar-refractivity contribution in [2.45, 2.75) is 24.0 Å². The van der Waals surface area contributed by atoms with E-state index in [9.17, 15) is 4.79 Å². The molecule has 0 saturated carbocycles. The molecular formula is C21H19ClN4O2S. The number of aromatic nitrogens is 3. The van der Waals surface area contributed by atoms with Gasteiger partial charge < -0.3 is 4.74 Å². The zero-order valence-corrected chi connectivity index (χ0v) is 17.6. The van der Waals surface area contributed by atoms with Crippen LogP contribution in [0, 0.1) is 0 Å². The van der Waals surface area contributed by atoms with E-state index in [1.54, 1.807) is 0 Å². The van der Waals surface area contributed by atoms with Crippen LogP contribution in [0.4, 0.5) is 0 Å². The number of hydrogen-bond acceptors (Lipinski definition) is 6. The standard InChI is InChI=1S/C21H19ClN4O2S/c1-28-18(27)11-9-16-20-24-25-21(29-2)26(20)17-10-8-14(22)12-15(17)19(23-16)13-6-4-3-5-7-13/h3-8,10,12,16H,9,11H2,1-2H3/t16-/m0/s1. The van der Waals surface area contributed by atoms with E-state index < -0.39 is 0 Å². The van der Waals surface area contributed by atoms with E-state index in [-0.39, 0.29) is 18.4 Å². The van der Waals surface area contributed by atoms with E-state index in [2.05, 4.69) is 10.2 Å². The molecule has 148 valence electrons. The third-order valence-electron chi connectivity index (χ3n) is 4.78. The van der Waals surface area contributed by atoms with Gasteiger partial charge in [0.05, 0.1) is 18.5 Å². The summed E-state index contributed by atoms with van der Waals surface area (Å²) in [5.41, 5.74) is 3.61. The largest absolute Gasteiger partial charge is 0.469 e. The third kappa shape index (κ3) is 3.80. The highest BCUT2D eigenvalue weighted by molar-refractivity contribution is 7.98. The van der Waals surface area contributed by atoms with E-state index >= 15 is 0 Å². The van der Waals surface area contributed by atoms with Crippen LogP contribution >= 0.6 is 23.4 Å². The predicted molar refractivity (Wildman–Crippen MR) is 114 cm³/mol. The first-order valence-electron chi connectivity index (χ1n) is 9.12. The lowest BCUT2D eigenvalue weighted by Crippen LogP contribution is -2.09. The quantitative estimate of drug-likeness (QED) is 0.444. The van der Waals surface area contributed by atoms with Crippen molar-refractivity contribution in [1.82, 2.24) is 14.8 Å². The molecule has 3 aromatic rings. The Balaban J connectivity index is 1.94. The van der Waals surface area contributed by atoms with Gasteiger partial charge in [0, 0.05) is 22.6 Å². The van der Waals surface area contributed by atoms with E-state index in [0.717, 1.165) is 27.7 Å². The molecule has 4 rings (SSSR count). The number of fused-ring (bicyclic) bond motifs is 3. The number of halogens is 1. The van der Waals surface area contributed by atoms with E-state index in [0.29, 0.717) is 17.3 Å². The molecule has 0 N–H and O–H groups in total. The van der Waals surface area contributed by atoms with Gasteiger partial charge in [0.15, 0.2) is 11.0 Å². The Morgan fingerprint density at radius 1 is 1.21 bits per heavy atom. The van der Waals surface area contributed by atoms with Gasteiger partial charge in [0.2, 0.25) is 0 Å². The van der Waals surface area contributed by atoms with Gasteiger partial charge >= 0.3 is 5.97 Å². The SMILES string of the molecule is COC(=O)CC[C@@H]1N=C(c2ccccc2)c2cc(Cl)ccc2-n2c(SC)nnc21. The first-order chi connectivity index (χ1) is 14.1. The van der Waals surface area contributed by atoms with Gasteiger partial charge in [-0.05, 0) is 30.9 Å². The number of rotatable bonds is 5. The Hall–Kier alpha value is -2.64. The van der Waals surface area contributed by atoms with Gasteiger partial charge in [-0.2, -0.15) is 0 Å². The number of nitrogens with zero attached hydrogens (tertiary/aromatic N) is 4. The van der Waals surface area contributed by atoms with Crippen LogP contribution in [0.3, 0.4) is 0 Å². The molecule has 0 radical (unpaired) electrons. The molecule has 0 fully saturated rings. The number of ether oxygens (including phenoxy) is 1. The summed E-state index contributed by atoms with van der Waals surface area (Å²) in [4.78, 5) is 16.8. The Kier molecular flexibility index (Phi) is 5.69. The number of carbonyl (C=O) groups is 1. The maximum absolute atomic E-state index is 11.8. The van der Waals surface area contributed by atoms with Crippen LogP contribution < -0.4 is 0 Å². The lowest BCUT2D eigenvalue weighted by Gasteiger charge is -2.13. The van der Waals surface area contributed by atoms with Crippen LogP contribution in [-0.2, 0) is 9.53 Å². The van der Waals surface area contributed by atoms with E-state index in [1.807, 2.05) is 59.4 Å². The molecule has 1 aromatic heterocycles. The Morgan fingerprint density at radius 2 is 2.00 bits per heavy atom. The highest BCUT2D eigenvalue weighted by Gasteiger charge is 2.29. The van der Waals surface area contributed by atoms with Crippen molar-refractivity contribution in [1.29, 1.82) is 0 Å². The van der Waals surface area contributed by atoms with Gasteiger partial charge in [-0.3, -0.25) is 14.4 Å². The summed E-state index contributed by atoms with van der Waals surface area (Å²) in [6, 6.07) is 15.3. The summed E-state index contributed by atoms with van der Waals surface area (Å²) in [5.74, 6) is 0.426. The summed E-state index contributed by atoms with van der Waals surface area (Å²) in [7, 11) is 1.39. The average Bonchev–Trinajstić information content (AvgIpc) is 3.12.